The summed E-state index contributed by atoms with van der Waals surface area (Å²) in [5.41, 5.74) is 4.31. The van der Waals surface area contributed by atoms with Crippen molar-refractivity contribution in [2.75, 3.05) is 5.32 Å². The Bertz CT molecular complexity index is 1010. The Kier molecular flexibility index (Phi) is 4.81. The van der Waals surface area contributed by atoms with E-state index < -0.39 is 10.8 Å². The zero-order valence-corrected chi connectivity index (χ0v) is 15.4. The smallest absolute Gasteiger partial charge is 0.270 e. The van der Waals surface area contributed by atoms with Gasteiger partial charge in [-0.3, -0.25) is 20.2 Å². The molecular formula is C19H17N3O3S. The van der Waals surface area contributed by atoms with Crippen LogP contribution in [0, 0.1) is 30.9 Å². The van der Waals surface area contributed by atoms with Crippen molar-refractivity contribution >= 4 is 28.1 Å². The number of nitrogens with zero attached hydrogens (tertiary/aromatic N) is 2. The lowest BCUT2D eigenvalue weighted by Gasteiger charge is -2.04. The molecule has 0 radical (unpaired) electrons. The monoisotopic (exact) mass is 367 g/mol. The van der Waals surface area contributed by atoms with Gasteiger partial charge in [0.05, 0.1) is 10.6 Å². The molecule has 7 heteroatoms. The highest BCUT2D eigenvalue weighted by Gasteiger charge is 2.15. The maximum Gasteiger partial charge on any atom is 0.270 e. The van der Waals surface area contributed by atoms with Crippen molar-refractivity contribution in [3.05, 3.63) is 74.1 Å². The van der Waals surface area contributed by atoms with E-state index >= 15 is 0 Å². The Morgan fingerprint density at radius 2 is 1.88 bits per heavy atom. The fourth-order valence-electron chi connectivity index (χ4n) is 2.54. The molecule has 26 heavy (non-hydrogen) atoms. The van der Waals surface area contributed by atoms with Gasteiger partial charge in [0.15, 0.2) is 5.13 Å². The van der Waals surface area contributed by atoms with Crippen LogP contribution in [0.25, 0.3) is 11.3 Å². The number of benzene rings is 2. The van der Waals surface area contributed by atoms with E-state index in [1.54, 1.807) is 0 Å². The molecule has 0 unspecified atom stereocenters. The Balaban J connectivity index is 1.85. The molecule has 0 aliphatic heterocycles. The van der Waals surface area contributed by atoms with Crippen molar-refractivity contribution in [2.24, 2.45) is 0 Å². The molecule has 0 saturated carbocycles. The number of thiazole rings is 1. The third-order valence-corrected chi connectivity index (χ3v) is 5.00. The predicted molar refractivity (Wildman–Crippen MR) is 103 cm³/mol. The minimum absolute atomic E-state index is 0.121. The molecule has 1 amide bonds. The van der Waals surface area contributed by atoms with Gasteiger partial charge in [-0.1, -0.05) is 18.2 Å². The van der Waals surface area contributed by atoms with E-state index in [0.29, 0.717) is 5.13 Å². The lowest BCUT2D eigenvalue weighted by Crippen LogP contribution is -2.11. The zero-order chi connectivity index (χ0) is 18.8. The zero-order valence-electron chi connectivity index (χ0n) is 14.6. The highest BCUT2D eigenvalue weighted by molar-refractivity contribution is 7.16. The lowest BCUT2D eigenvalue weighted by molar-refractivity contribution is -0.384. The van der Waals surface area contributed by atoms with Crippen LogP contribution in [-0.4, -0.2) is 15.8 Å². The molecule has 0 saturated heterocycles. The number of carbonyl (C=O) groups excluding carboxylic acids is 1. The van der Waals surface area contributed by atoms with Crippen molar-refractivity contribution in [1.82, 2.24) is 4.98 Å². The van der Waals surface area contributed by atoms with Gasteiger partial charge in [0.1, 0.15) is 0 Å². The molecule has 0 aliphatic carbocycles. The van der Waals surface area contributed by atoms with Crippen LogP contribution in [0.3, 0.4) is 0 Å². The maximum absolute atomic E-state index is 12.4. The number of nitro groups is 1. The number of hydrogen-bond donors (Lipinski definition) is 1. The quantitative estimate of drug-likeness (QED) is 0.525. The van der Waals surface area contributed by atoms with E-state index in [1.165, 1.54) is 46.7 Å². The molecule has 1 N–H and O–H groups in total. The Morgan fingerprint density at radius 3 is 2.58 bits per heavy atom. The van der Waals surface area contributed by atoms with E-state index in [4.69, 9.17) is 0 Å². The van der Waals surface area contributed by atoms with E-state index in [9.17, 15) is 14.9 Å². The molecule has 0 fully saturated rings. The summed E-state index contributed by atoms with van der Waals surface area (Å²) in [6, 6.07) is 11.8. The highest BCUT2D eigenvalue weighted by Crippen LogP contribution is 2.31. The second-order valence-electron chi connectivity index (χ2n) is 5.98. The predicted octanol–water partition coefficient (Wildman–Crippen LogP) is 4.90. The second-order valence-corrected chi connectivity index (χ2v) is 7.19. The van der Waals surface area contributed by atoms with Crippen LogP contribution < -0.4 is 5.32 Å². The first-order valence-electron chi connectivity index (χ1n) is 7.96. The molecule has 2 aromatic carbocycles. The Morgan fingerprint density at radius 1 is 1.12 bits per heavy atom. The number of amides is 1. The molecule has 3 rings (SSSR count). The number of carbonyl (C=O) groups is 1. The third-order valence-electron chi connectivity index (χ3n) is 4.12. The van der Waals surface area contributed by atoms with Gasteiger partial charge in [-0.2, -0.15) is 0 Å². The third kappa shape index (κ3) is 3.62. The van der Waals surface area contributed by atoms with Crippen molar-refractivity contribution in [3.63, 3.8) is 0 Å². The first kappa shape index (κ1) is 17.8. The largest absolute Gasteiger partial charge is 0.298 e. The van der Waals surface area contributed by atoms with E-state index in [0.717, 1.165) is 16.1 Å². The van der Waals surface area contributed by atoms with Gasteiger partial charge in [0.2, 0.25) is 0 Å². The first-order valence-corrected chi connectivity index (χ1v) is 8.77. The summed E-state index contributed by atoms with van der Waals surface area (Å²) in [4.78, 5) is 28.2. The molecule has 0 atom stereocenters. The van der Waals surface area contributed by atoms with Crippen LogP contribution in [0.15, 0.2) is 42.5 Å². The van der Waals surface area contributed by atoms with Gasteiger partial charge < -0.3 is 0 Å². The summed E-state index contributed by atoms with van der Waals surface area (Å²) in [7, 11) is 0. The van der Waals surface area contributed by atoms with E-state index in [-0.39, 0.29) is 11.3 Å². The van der Waals surface area contributed by atoms with Gasteiger partial charge in [0, 0.05) is 28.1 Å². The number of anilines is 1. The van der Waals surface area contributed by atoms with Crippen molar-refractivity contribution in [1.29, 1.82) is 0 Å². The summed E-state index contributed by atoms with van der Waals surface area (Å²) in [6.45, 7) is 6.05. The first-order chi connectivity index (χ1) is 12.3. The summed E-state index contributed by atoms with van der Waals surface area (Å²) >= 11 is 1.38. The van der Waals surface area contributed by atoms with Gasteiger partial charge >= 0.3 is 0 Å². The Hall–Kier alpha value is -3.06. The minimum atomic E-state index is -0.526. The minimum Gasteiger partial charge on any atom is -0.298 e. The summed E-state index contributed by atoms with van der Waals surface area (Å²) in [5, 5.41) is 14.0. The SMILES string of the molecule is Cc1ccc(-c2nc(NC(=O)c3cccc([N+](=O)[O-])c3)sc2C)cc1C. The summed E-state index contributed by atoms with van der Waals surface area (Å²) in [6.07, 6.45) is 0. The van der Waals surface area contributed by atoms with Crippen LogP contribution in [0.5, 0.6) is 0 Å². The molecule has 0 spiro atoms. The van der Waals surface area contributed by atoms with Gasteiger partial charge in [-0.05, 0) is 44.0 Å². The number of aromatic nitrogens is 1. The van der Waals surface area contributed by atoms with Crippen molar-refractivity contribution in [2.45, 2.75) is 20.8 Å². The van der Waals surface area contributed by atoms with Gasteiger partial charge in [-0.25, -0.2) is 4.98 Å². The van der Waals surface area contributed by atoms with Gasteiger partial charge in [0.25, 0.3) is 11.6 Å². The van der Waals surface area contributed by atoms with Gasteiger partial charge in [-0.15, -0.1) is 11.3 Å². The molecule has 132 valence electrons. The fraction of sp³-hybridized carbons (Fsp3) is 0.158. The Labute approximate surface area is 154 Å². The lowest BCUT2D eigenvalue weighted by atomic mass is 10.0. The molecule has 1 heterocycles. The molecule has 6 nitrogen and oxygen atoms in total. The summed E-state index contributed by atoms with van der Waals surface area (Å²) < 4.78 is 0. The molecule has 0 bridgehead atoms. The number of nitrogens with one attached hydrogen (secondary N) is 1. The van der Waals surface area contributed by atoms with E-state index in [2.05, 4.69) is 23.3 Å². The highest BCUT2D eigenvalue weighted by atomic mass is 32.1. The normalized spacial score (nSPS) is 10.6. The van der Waals surface area contributed by atoms with Crippen LogP contribution >= 0.6 is 11.3 Å². The molecular weight excluding hydrogens is 350 g/mol. The number of non-ortho nitro benzene ring substituents is 1. The number of aryl methyl sites for hydroxylation is 3. The number of hydrogen-bond acceptors (Lipinski definition) is 5. The maximum atomic E-state index is 12.4. The van der Waals surface area contributed by atoms with Crippen LogP contribution in [0.1, 0.15) is 26.4 Å². The number of rotatable bonds is 4. The second kappa shape index (κ2) is 7.05. The molecule has 1 aromatic heterocycles. The van der Waals surface area contributed by atoms with Crippen molar-refractivity contribution < 1.29 is 9.72 Å². The van der Waals surface area contributed by atoms with Crippen LogP contribution in [0.4, 0.5) is 10.8 Å². The number of nitro benzene ring substituents is 1. The topological polar surface area (TPSA) is 85.1 Å². The fourth-order valence-corrected chi connectivity index (χ4v) is 3.37. The average Bonchev–Trinajstić information content (AvgIpc) is 2.97. The average molecular weight is 367 g/mol. The molecule has 0 aliphatic rings. The van der Waals surface area contributed by atoms with Crippen LogP contribution in [0.2, 0.25) is 0 Å². The van der Waals surface area contributed by atoms with E-state index in [1.807, 2.05) is 26.0 Å². The summed E-state index contributed by atoms with van der Waals surface area (Å²) in [5.74, 6) is -0.422. The molecule has 3 aromatic rings. The van der Waals surface area contributed by atoms with Crippen LogP contribution in [-0.2, 0) is 0 Å². The standard InChI is InChI=1S/C19H17N3O3S/c1-11-7-8-14(9-12(11)2)17-13(3)26-19(20-17)21-18(23)15-5-4-6-16(10-15)22(24)25/h4-10H,1-3H3,(H,20,21,23). The van der Waals surface area contributed by atoms with Crippen molar-refractivity contribution in [3.8, 4) is 11.3 Å².